The van der Waals surface area contributed by atoms with Crippen LogP contribution in [0.4, 0.5) is 0 Å². The minimum Gasteiger partial charge on any atom is -0.494 e. The van der Waals surface area contributed by atoms with Gasteiger partial charge in [0.1, 0.15) is 12.1 Å². The molecule has 0 N–H and O–H groups in total. The number of imide groups is 1. The van der Waals surface area contributed by atoms with E-state index in [0.29, 0.717) is 30.2 Å². The maximum atomic E-state index is 12.0. The molecule has 178 valence electrons. The molecule has 12 heteroatoms. The van der Waals surface area contributed by atoms with Crippen molar-refractivity contribution in [3.8, 4) is 5.75 Å². The van der Waals surface area contributed by atoms with Crippen molar-refractivity contribution in [3.05, 3.63) is 57.8 Å². The van der Waals surface area contributed by atoms with Gasteiger partial charge in [0.2, 0.25) is 11.0 Å². The molecular weight excluding hydrogens is 448 g/mol. The summed E-state index contributed by atoms with van der Waals surface area (Å²) >= 11 is 0. The van der Waals surface area contributed by atoms with Crippen LogP contribution in [0.25, 0.3) is 22.1 Å². The highest BCUT2D eigenvalue weighted by atomic mass is 16.9. The van der Waals surface area contributed by atoms with E-state index in [0.717, 1.165) is 22.1 Å². The average Bonchev–Trinajstić information content (AvgIpc) is 3.12. The lowest BCUT2D eigenvalue weighted by molar-refractivity contribution is -0.646. The van der Waals surface area contributed by atoms with Crippen molar-refractivity contribution in [1.82, 2.24) is 10.0 Å². The van der Waals surface area contributed by atoms with Crippen molar-refractivity contribution >= 4 is 39.9 Å². The molecule has 12 nitrogen and oxygen atoms in total. The lowest BCUT2D eigenvalue weighted by Gasteiger charge is -2.12. The zero-order valence-corrected chi connectivity index (χ0v) is 18.3. The first-order valence-corrected chi connectivity index (χ1v) is 10.4. The molecule has 0 unspecified atom stereocenters. The number of rotatable bonds is 7. The van der Waals surface area contributed by atoms with Crippen molar-refractivity contribution in [3.63, 3.8) is 0 Å². The largest absolute Gasteiger partial charge is 0.494 e. The minimum absolute atomic E-state index is 0.0917. The summed E-state index contributed by atoms with van der Waals surface area (Å²) in [5.41, 5.74) is 3.59. The summed E-state index contributed by atoms with van der Waals surface area (Å²) in [6, 6.07) is 13.7. The Morgan fingerprint density at radius 1 is 1.06 bits per heavy atom. The first-order valence-electron chi connectivity index (χ1n) is 10.4. The Labute approximate surface area is 193 Å². The SMILES string of the molecule is COc1cccc2c1nc1ccccc1[n+]2CCCCC(=O)ON1C(=O)CCC1=O.O=[N+]([O-])[O-]. The minimum atomic E-state index is -1.75. The predicted molar refractivity (Wildman–Crippen MR) is 117 cm³/mol. The van der Waals surface area contributed by atoms with E-state index in [-0.39, 0.29) is 19.3 Å². The third-order valence-corrected chi connectivity index (χ3v) is 5.10. The van der Waals surface area contributed by atoms with E-state index in [1.807, 2.05) is 42.5 Å². The van der Waals surface area contributed by atoms with Crippen LogP contribution in [0.15, 0.2) is 42.5 Å². The molecule has 1 saturated heterocycles. The number of carbonyl (C=O) groups is 3. The number of hydroxylamine groups is 2. The third-order valence-electron chi connectivity index (χ3n) is 5.10. The van der Waals surface area contributed by atoms with E-state index < -0.39 is 22.9 Å². The molecule has 34 heavy (non-hydrogen) atoms. The van der Waals surface area contributed by atoms with Crippen LogP contribution in [0.1, 0.15) is 32.1 Å². The first kappa shape index (κ1) is 24.3. The molecule has 0 spiro atoms. The second-order valence-corrected chi connectivity index (χ2v) is 7.31. The summed E-state index contributed by atoms with van der Waals surface area (Å²) in [4.78, 5) is 53.0. The van der Waals surface area contributed by atoms with E-state index in [9.17, 15) is 14.4 Å². The lowest BCUT2D eigenvalue weighted by atomic mass is 10.2. The number of aryl methyl sites for hydroxylation is 1. The van der Waals surface area contributed by atoms with Crippen molar-refractivity contribution in [1.29, 1.82) is 0 Å². The maximum Gasteiger partial charge on any atom is 0.333 e. The summed E-state index contributed by atoms with van der Waals surface area (Å²) in [6.07, 6.45) is 1.58. The summed E-state index contributed by atoms with van der Waals surface area (Å²) < 4.78 is 7.64. The molecule has 4 rings (SSSR count). The molecular formula is C22H22N4O8. The number of aromatic nitrogens is 2. The van der Waals surface area contributed by atoms with Gasteiger partial charge < -0.3 is 24.9 Å². The van der Waals surface area contributed by atoms with Gasteiger partial charge in [-0.05, 0) is 18.6 Å². The van der Waals surface area contributed by atoms with Crippen molar-refractivity contribution in [2.45, 2.75) is 38.6 Å². The smallest absolute Gasteiger partial charge is 0.333 e. The van der Waals surface area contributed by atoms with Gasteiger partial charge in [-0.1, -0.05) is 18.2 Å². The molecule has 3 aromatic rings. The van der Waals surface area contributed by atoms with Gasteiger partial charge >= 0.3 is 5.97 Å². The third kappa shape index (κ3) is 5.71. The summed E-state index contributed by atoms with van der Waals surface area (Å²) in [5.74, 6) is -0.801. The number of unbranched alkanes of at least 4 members (excludes halogenated alkanes) is 1. The number of methoxy groups -OCH3 is 1. The van der Waals surface area contributed by atoms with E-state index >= 15 is 0 Å². The molecule has 1 aromatic heterocycles. The zero-order valence-electron chi connectivity index (χ0n) is 18.3. The molecule has 1 fully saturated rings. The van der Waals surface area contributed by atoms with Crippen LogP contribution in [0.3, 0.4) is 0 Å². The second kappa shape index (κ2) is 11.0. The van der Waals surface area contributed by atoms with Gasteiger partial charge in [0, 0.05) is 37.8 Å². The molecule has 0 saturated carbocycles. The predicted octanol–water partition coefficient (Wildman–Crippen LogP) is 2.22. The van der Waals surface area contributed by atoms with Crippen molar-refractivity contribution in [2.24, 2.45) is 0 Å². The zero-order chi connectivity index (χ0) is 24.7. The van der Waals surface area contributed by atoms with Gasteiger partial charge in [-0.3, -0.25) is 9.59 Å². The Balaban J connectivity index is 0.000000751. The van der Waals surface area contributed by atoms with E-state index in [4.69, 9.17) is 29.9 Å². The number of fused-ring (bicyclic) bond motifs is 2. The van der Waals surface area contributed by atoms with Crippen molar-refractivity contribution < 1.29 is 33.6 Å². The highest BCUT2D eigenvalue weighted by Crippen LogP contribution is 2.23. The number of nitrogens with zero attached hydrogens (tertiary/aromatic N) is 4. The number of hydrogen-bond acceptors (Lipinski definition) is 9. The van der Waals surface area contributed by atoms with Crippen LogP contribution in [0.2, 0.25) is 0 Å². The first-order chi connectivity index (χ1) is 16.3. The van der Waals surface area contributed by atoms with Gasteiger partial charge in [0.15, 0.2) is 11.3 Å². The topological polar surface area (TPSA) is 156 Å². The fraction of sp³-hybridized carbons (Fsp3) is 0.318. The van der Waals surface area contributed by atoms with E-state index in [1.165, 1.54) is 0 Å². The summed E-state index contributed by atoms with van der Waals surface area (Å²) in [5, 5.41) is 15.3. The van der Waals surface area contributed by atoms with Crippen LogP contribution < -0.4 is 9.30 Å². The fourth-order valence-electron chi connectivity index (χ4n) is 3.63. The summed E-state index contributed by atoms with van der Waals surface area (Å²) in [7, 11) is 1.62. The van der Waals surface area contributed by atoms with Gasteiger partial charge in [0.25, 0.3) is 11.8 Å². The number of carbonyl (C=O) groups excluding carboxylic acids is 3. The van der Waals surface area contributed by atoms with Crippen LogP contribution >= 0.6 is 0 Å². The molecule has 0 bridgehead atoms. The standard InChI is InChI=1S/C22H22N3O5.NO3/c1-29-18-10-6-9-17-22(18)23-15-7-2-3-8-16(15)24(17)14-5-4-11-21(28)30-25-19(26)12-13-20(25)27;2-1(3)4/h2-3,6-10H,4-5,11-14H2,1H3;/q+1;-1. The highest BCUT2D eigenvalue weighted by Gasteiger charge is 2.32. The maximum absolute atomic E-state index is 12.0. The number of ether oxygens (including phenoxy) is 1. The van der Waals surface area contributed by atoms with Crippen molar-refractivity contribution in [2.75, 3.05) is 7.11 Å². The molecule has 0 radical (unpaired) electrons. The average molecular weight is 470 g/mol. The van der Waals surface area contributed by atoms with Crippen LogP contribution in [-0.4, -0.2) is 40.0 Å². The quantitative estimate of drug-likeness (QED) is 0.126. The Bertz CT molecular complexity index is 1230. The molecule has 0 aliphatic carbocycles. The number of amides is 2. The number of hydrogen-bond donors (Lipinski definition) is 0. The Hall–Kier alpha value is -4.35. The van der Waals surface area contributed by atoms with E-state index in [1.54, 1.807) is 7.11 Å². The normalized spacial score (nSPS) is 13.0. The Morgan fingerprint density at radius 2 is 1.71 bits per heavy atom. The van der Waals surface area contributed by atoms with Crippen LogP contribution in [0.5, 0.6) is 5.75 Å². The molecule has 1 aliphatic heterocycles. The Kier molecular flexibility index (Phi) is 7.85. The fourth-order valence-corrected chi connectivity index (χ4v) is 3.63. The van der Waals surface area contributed by atoms with Gasteiger partial charge in [0.05, 0.1) is 12.2 Å². The Morgan fingerprint density at radius 3 is 2.38 bits per heavy atom. The monoisotopic (exact) mass is 470 g/mol. The molecule has 0 atom stereocenters. The highest BCUT2D eigenvalue weighted by molar-refractivity contribution is 6.01. The van der Waals surface area contributed by atoms with Gasteiger partial charge in [-0.15, -0.1) is 5.06 Å². The van der Waals surface area contributed by atoms with Crippen LogP contribution in [-0.2, 0) is 25.8 Å². The molecule has 1 aliphatic rings. The number of benzene rings is 2. The van der Waals surface area contributed by atoms with E-state index in [2.05, 4.69) is 4.57 Å². The van der Waals surface area contributed by atoms with Gasteiger partial charge in [-0.25, -0.2) is 9.78 Å². The molecule has 2 aromatic carbocycles. The number of para-hydroxylation sites is 3. The lowest BCUT2D eigenvalue weighted by Crippen LogP contribution is -2.36. The summed E-state index contributed by atoms with van der Waals surface area (Å²) in [6.45, 7) is 0.668. The second-order valence-electron chi connectivity index (χ2n) is 7.31. The molecule has 2 heterocycles. The van der Waals surface area contributed by atoms with Gasteiger partial charge in [-0.2, -0.15) is 4.57 Å². The molecule has 2 amide bonds. The van der Waals surface area contributed by atoms with Crippen LogP contribution in [0, 0.1) is 15.3 Å².